The number of nitro groups is 1. The third kappa shape index (κ3) is 1.99. The number of aromatic nitrogens is 2. The molecule has 0 bridgehead atoms. The minimum absolute atomic E-state index is 0.0697. The van der Waals surface area contributed by atoms with Crippen molar-refractivity contribution < 1.29 is 14.5 Å². The molecular weight excluding hydrogens is 250 g/mol. The maximum absolute atomic E-state index is 10.9. The summed E-state index contributed by atoms with van der Waals surface area (Å²) in [7, 11) is 2.15. The number of nitrogens with one attached hydrogen (secondary N) is 1. The molecule has 8 nitrogen and oxygen atoms in total. The van der Waals surface area contributed by atoms with Gasteiger partial charge in [-0.25, -0.2) is 4.63 Å². The van der Waals surface area contributed by atoms with E-state index in [4.69, 9.17) is 0 Å². The summed E-state index contributed by atoms with van der Waals surface area (Å²) >= 11 is 0. The fraction of sp³-hybridized carbons (Fsp3) is 0.455. The van der Waals surface area contributed by atoms with Crippen LogP contribution in [0.25, 0.3) is 11.0 Å². The molecule has 0 radical (unpaired) electrons. The number of rotatable bonds is 2. The van der Waals surface area contributed by atoms with E-state index in [2.05, 4.69) is 26.9 Å². The van der Waals surface area contributed by atoms with Crippen LogP contribution in [0.4, 0.5) is 11.4 Å². The number of nitrogens with zero attached hydrogens (tertiary/aromatic N) is 4. The molecule has 1 fully saturated rings. The maximum atomic E-state index is 10.9. The molecule has 2 heterocycles. The number of piperazine rings is 1. The highest BCUT2D eigenvalue weighted by Gasteiger charge is 2.24. The van der Waals surface area contributed by atoms with Crippen molar-refractivity contribution in [3.63, 3.8) is 0 Å². The lowest BCUT2D eigenvalue weighted by Crippen LogP contribution is -3.12. The van der Waals surface area contributed by atoms with Crippen molar-refractivity contribution in [2.75, 3.05) is 38.1 Å². The van der Waals surface area contributed by atoms with Gasteiger partial charge in [-0.3, -0.25) is 10.1 Å². The van der Waals surface area contributed by atoms with Crippen LogP contribution in [0.15, 0.2) is 16.8 Å². The van der Waals surface area contributed by atoms with E-state index in [-0.39, 0.29) is 11.2 Å². The van der Waals surface area contributed by atoms with Gasteiger partial charge in [-0.2, -0.15) is 0 Å². The Hall–Kier alpha value is -2.22. The first-order valence-electron chi connectivity index (χ1n) is 6.12. The van der Waals surface area contributed by atoms with Crippen LogP contribution in [0, 0.1) is 10.1 Å². The smallest absolute Gasteiger partial charge is 0.300 e. The fourth-order valence-electron chi connectivity index (χ4n) is 2.37. The van der Waals surface area contributed by atoms with Crippen molar-refractivity contribution >= 4 is 22.4 Å². The highest BCUT2D eigenvalue weighted by molar-refractivity contribution is 5.93. The van der Waals surface area contributed by atoms with Crippen LogP contribution in [0.1, 0.15) is 0 Å². The third-order valence-corrected chi connectivity index (χ3v) is 3.53. The average molecular weight is 264 g/mol. The molecule has 0 unspecified atom stereocenters. The summed E-state index contributed by atoms with van der Waals surface area (Å²) in [5.74, 6) is 0. The number of benzene rings is 1. The zero-order valence-corrected chi connectivity index (χ0v) is 10.5. The highest BCUT2D eigenvalue weighted by Crippen LogP contribution is 2.30. The molecule has 0 saturated carbocycles. The number of fused-ring (bicyclic) bond motifs is 1. The number of anilines is 1. The first-order chi connectivity index (χ1) is 9.16. The van der Waals surface area contributed by atoms with Crippen molar-refractivity contribution in [1.82, 2.24) is 10.3 Å². The predicted octanol–water partition coefficient (Wildman–Crippen LogP) is -0.534. The van der Waals surface area contributed by atoms with Gasteiger partial charge < -0.3 is 9.80 Å². The lowest BCUT2D eigenvalue weighted by molar-refractivity contribution is -0.880. The van der Waals surface area contributed by atoms with E-state index in [1.54, 1.807) is 6.07 Å². The van der Waals surface area contributed by atoms with Crippen LogP contribution in [0.2, 0.25) is 0 Å². The van der Waals surface area contributed by atoms with Crippen molar-refractivity contribution in [3.8, 4) is 0 Å². The summed E-state index contributed by atoms with van der Waals surface area (Å²) < 4.78 is 4.67. The lowest BCUT2D eigenvalue weighted by atomic mass is 10.2. The average Bonchev–Trinajstić information content (AvgIpc) is 2.87. The minimum Gasteiger partial charge on any atom is -0.358 e. The summed E-state index contributed by atoms with van der Waals surface area (Å²) in [6.45, 7) is 3.85. The summed E-state index contributed by atoms with van der Waals surface area (Å²) in [5, 5.41) is 18.4. The van der Waals surface area contributed by atoms with Crippen molar-refractivity contribution in [1.29, 1.82) is 0 Å². The molecule has 19 heavy (non-hydrogen) atoms. The Morgan fingerprint density at radius 1 is 1.32 bits per heavy atom. The Kier molecular flexibility index (Phi) is 2.79. The maximum Gasteiger partial charge on any atom is 0.300 e. The van der Waals surface area contributed by atoms with Crippen molar-refractivity contribution in [2.24, 2.45) is 0 Å². The predicted molar refractivity (Wildman–Crippen MR) is 67.3 cm³/mol. The van der Waals surface area contributed by atoms with E-state index in [9.17, 15) is 10.1 Å². The van der Waals surface area contributed by atoms with E-state index < -0.39 is 4.92 Å². The summed E-state index contributed by atoms with van der Waals surface area (Å²) in [5.41, 5.74) is 1.47. The van der Waals surface area contributed by atoms with E-state index in [1.807, 2.05) is 0 Å². The Labute approximate surface area is 108 Å². The Morgan fingerprint density at radius 2 is 2.00 bits per heavy atom. The van der Waals surface area contributed by atoms with Gasteiger partial charge in [-0.15, -0.1) is 0 Å². The largest absolute Gasteiger partial charge is 0.358 e. The zero-order valence-electron chi connectivity index (χ0n) is 10.5. The van der Waals surface area contributed by atoms with Gasteiger partial charge in [0.05, 0.1) is 43.8 Å². The van der Waals surface area contributed by atoms with E-state index in [1.165, 1.54) is 11.0 Å². The van der Waals surface area contributed by atoms with Crippen LogP contribution in [-0.4, -0.2) is 48.5 Å². The molecule has 1 N–H and O–H groups in total. The van der Waals surface area contributed by atoms with Gasteiger partial charge in [0.25, 0.3) is 0 Å². The topological polar surface area (TPSA) is 89.7 Å². The molecule has 1 aliphatic heterocycles. The summed E-state index contributed by atoms with van der Waals surface area (Å²) in [4.78, 5) is 14.1. The fourth-order valence-corrected chi connectivity index (χ4v) is 2.37. The molecule has 0 atom stereocenters. The van der Waals surface area contributed by atoms with E-state index in [0.29, 0.717) is 5.52 Å². The van der Waals surface area contributed by atoms with Gasteiger partial charge in [0.2, 0.25) is 5.52 Å². The molecule has 8 heteroatoms. The SMILES string of the molecule is C[NH+]1CCN(c2ccc([N+](=O)[O-])c3nonc23)CC1. The van der Waals surface area contributed by atoms with Crippen LogP contribution >= 0.6 is 0 Å². The van der Waals surface area contributed by atoms with Gasteiger partial charge in [0, 0.05) is 6.07 Å². The Bertz CT molecular complexity index is 618. The lowest BCUT2D eigenvalue weighted by Gasteiger charge is -2.31. The normalized spacial score (nSPS) is 17.0. The van der Waals surface area contributed by atoms with Crippen LogP contribution in [-0.2, 0) is 0 Å². The van der Waals surface area contributed by atoms with Crippen LogP contribution in [0.3, 0.4) is 0 Å². The summed E-state index contributed by atoms with van der Waals surface area (Å²) in [6, 6.07) is 3.19. The summed E-state index contributed by atoms with van der Waals surface area (Å²) in [6.07, 6.45) is 0. The molecule has 2 aromatic rings. The molecule has 1 aromatic carbocycles. The van der Waals surface area contributed by atoms with Crippen molar-refractivity contribution in [2.45, 2.75) is 0 Å². The number of nitro benzene ring substituents is 1. The van der Waals surface area contributed by atoms with Gasteiger partial charge in [0.15, 0.2) is 5.52 Å². The van der Waals surface area contributed by atoms with Crippen molar-refractivity contribution in [3.05, 3.63) is 22.2 Å². The Morgan fingerprint density at radius 3 is 2.68 bits per heavy atom. The molecule has 1 saturated heterocycles. The quantitative estimate of drug-likeness (QED) is 0.579. The molecule has 100 valence electrons. The molecule has 1 aromatic heterocycles. The van der Waals surface area contributed by atoms with Crippen LogP contribution < -0.4 is 9.80 Å². The molecular formula is C11H14N5O3+. The first kappa shape index (κ1) is 11.8. The number of hydrogen-bond acceptors (Lipinski definition) is 6. The molecule has 0 amide bonds. The Balaban J connectivity index is 2.03. The number of likely N-dealkylation sites (N-methyl/N-ethyl adjacent to an activating group) is 1. The number of hydrogen-bond donors (Lipinski definition) is 1. The van der Waals surface area contributed by atoms with Gasteiger partial charge in [-0.1, -0.05) is 0 Å². The number of non-ortho nitro benzene ring substituents is 1. The number of quaternary nitrogens is 1. The second kappa shape index (κ2) is 4.47. The molecule has 0 spiro atoms. The monoisotopic (exact) mass is 264 g/mol. The first-order valence-corrected chi connectivity index (χ1v) is 6.12. The molecule has 1 aliphatic rings. The molecule has 0 aliphatic carbocycles. The van der Waals surface area contributed by atoms with Crippen LogP contribution in [0.5, 0.6) is 0 Å². The second-order valence-electron chi connectivity index (χ2n) is 4.77. The third-order valence-electron chi connectivity index (χ3n) is 3.53. The standard InChI is InChI=1S/C11H13N5O3/c1-14-4-6-15(7-5-14)8-2-3-9(16(17)18)11-10(8)12-19-13-11/h2-3H,4-7H2,1H3/p+1. The zero-order chi connectivity index (χ0) is 13.4. The second-order valence-corrected chi connectivity index (χ2v) is 4.77. The van der Waals surface area contributed by atoms with Gasteiger partial charge in [0.1, 0.15) is 0 Å². The van der Waals surface area contributed by atoms with E-state index >= 15 is 0 Å². The van der Waals surface area contributed by atoms with Gasteiger partial charge in [-0.05, 0) is 16.4 Å². The van der Waals surface area contributed by atoms with E-state index in [0.717, 1.165) is 31.9 Å². The highest BCUT2D eigenvalue weighted by atomic mass is 16.6. The van der Waals surface area contributed by atoms with Gasteiger partial charge >= 0.3 is 5.69 Å². The molecule has 3 rings (SSSR count). The minimum atomic E-state index is -0.468.